The summed E-state index contributed by atoms with van der Waals surface area (Å²) in [7, 11) is 1.62. The fourth-order valence-corrected chi connectivity index (χ4v) is 2.26. The number of methoxy groups -OCH3 is 1. The Bertz CT molecular complexity index is 289. The van der Waals surface area contributed by atoms with Gasteiger partial charge in [0.05, 0.1) is 13.2 Å². The van der Waals surface area contributed by atoms with Gasteiger partial charge in [-0.1, -0.05) is 65.7 Å². The van der Waals surface area contributed by atoms with E-state index in [1.807, 2.05) is 0 Å². The van der Waals surface area contributed by atoms with Crippen LogP contribution in [0.3, 0.4) is 0 Å². The third-order valence-corrected chi connectivity index (χ3v) is 3.80. The van der Waals surface area contributed by atoms with Gasteiger partial charge >= 0.3 is 5.95 Å². The molecule has 0 aromatic rings. The van der Waals surface area contributed by atoms with E-state index in [0.29, 0.717) is 12.6 Å². The summed E-state index contributed by atoms with van der Waals surface area (Å²) in [5.74, 6) is 1.38. The van der Waals surface area contributed by atoms with Crippen LogP contribution in [0.2, 0.25) is 0 Å². The number of hydrogen-bond donors (Lipinski definition) is 0. The minimum absolute atomic E-state index is 0.193. The minimum Gasteiger partial charge on any atom is -0.491 e. The molecule has 144 valence electrons. The van der Waals surface area contributed by atoms with E-state index >= 15 is 0 Å². The van der Waals surface area contributed by atoms with Crippen molar-refractivity contribution < 1.29 is 18.9 Å². The molecule has 0 heterocycles. The zero-order valence-corrected chi connectivity index (χ0v) is 16.5. The highest BCUT2D eigenvalue weighted by Gasteiger charge is 2.12. The smallest absolute Gasteiger partial charge is 0.321 e. The lowest BCUT2D eigenvalue weighted by Crippen LogP contribution is -2.09. The topological polar surface area (TPSA) is 36.9 Å². The van der Waals surface area contributed by atoms with Crippen molar-refractivity contribution in [1.29, 1.82) is 0 Å². The predicted molar refractivity (Wildman–Crippen MR) is 99.7 cm³/mol. The highest BCUT2D eigenvalue weighted by atomic mass is 16.7. The lowest BCUT2D eigenvalue weighted by Gasteiger charge is -2.17. The molecule has 0 fully saturated rings. The van der Waals surface area contributed by atoms with Crippen molar-refractivity contribution in [2.75, 3.05) is 27.1 Å². The average Bonchev–Trinajstić information content (AvgIpc) is 2.60. The Balaban J connectivity index is 4.56. The Morgan fingerprint density at radius 1 is 0.625 bits per heavy atom. The minimum atomic E-state index is 0.193. The van der Waals surface area contributed by atoms with Gasteiger partial charge in [-0.3, -0.25) is 0 Å². The Morgan fingerprint density at radius 2 is 1.21 bits per heavy atom. The van der Waals surface area contributed by atoms with E-state index in [9.17, 15) is 0 Å². The van der Waals surface area contributed by atoms with Gasteiger partial charge in [-0.2, -0.15) is 0 Å². The first-order valence-electron chi connectivity index (χ1n) is 9.90. The van der Waals surface area contributed by atoms with Gasteiger partial charge in [0.25, 0.3) is 0 Å². The SMILES string of the molecule is CCCCCCCC/C(OCCCC)=C(\OCCCC)OCOC. The number of ether oxygens (including phenoxy) is 4. The van der Waals surface area contributed by atoms with Crippen molar-refractivity contribution in [3.63, 3.8) is 0 Å². The first-order chi connectivity index (χ1) is 11.8. The molecular formula is C20H40O4. The summed E-state index contributed by atoms with van der Waals surface area (Å²) in [6, 6.07) is 0. The van der Waals surface area contributed by atoms with Crippen LogP contribution in [0.4, 0.5) is 0 Å². The molecule has 0 N–H and O–H groups in total. The largest absolute Gasteiger partial charge is 0.491 e. The fraction of sp³-hybridized carbons (Fsp3) is 0.900. The summed E-state index contributed by atoms with van der Waals surface area (Å²) in [5.41, 5.74) is 0. The molecule has 0 saturated heterocycles. The molecule has 0 radical (unpaired) electrons. The Labute approximate surface area is 149 Å². The van der Waals surface area contributed by atoms with Gasteiger partial charge in [-0.05, 0) is 19.3 Å². The maximum absolute atomic E-state index is 5.97. The van der Waals surface area contributed by atoms with Crippen molar-refractivity contribution in [1.82, 2.24) is 0 Å². The molecule has 0 saturated carbocycles. The molecule has 0 spiro atoms. The number of allylic oxidation sites excluding steroid dienone is 1. The van der Waals surface area contributed by atoms with E-state index in [2.05, 4.69) is 20.8 Å². The van der Waals surface area contributed by atoms with Crippen LogP contribution in [0.5, 0.6) is 0 Å². The third kappa shape index (κ3) is 13.5. The van der Waals surface area contributed by atoms with Gasteiger partial charge in [0.1, 0.15) is 0 Å². The Hall–Kier alpha value is -0.900. The van der Waals surface area contributed by atoms with Crippen molar-refractivity contribution in [2.24, 2.45) is 0 Å². The van der Waals surface area contributed by atoms with E-state index in [1.165, 1.54) is 32.1 Å². The van der Waals surface area contributed by atoms with E-state index in [-0.39, 0.29) is 6.79 Å². The number of unbranched alkanes of at least 4 members (excludes halogenated alkanes) is 7. The Morgan fingerprint density at radius 3 is 1.83 bits per heavy atom. The van der Waals surface area contributed by atoms with Gasteiger partial charge < -0.3 is 18.9 Å². The molecule has 0 unspecified atom stereocenters. The molecule has 0 aliphatic carbocycles. The summed E-state index contributed by atoms with van der Waals surface area (Å²) >= 11 is 0. The van der Waals surface area contributed by atoms with E-state index in [1.54, 1.807) is 7.11 Å². The molecule has 0 aromatic carbocycles. The molecule has 4 heteroatoms. The zero-order valence-electron chi connectivity index (χ0n) is 16.5. The van der Waals surface area contributed by atoms with Gasteiger partial charge in [0, 0.05) is 13.5 Å². The quantitative estimate of drug-likeness (QED) is 0.169. The highest BCUT2D eigenvalue weighted by molar-refractivity contribution is 4.95. The maximum Gasteiger partial charge on any atom is 0.321 e. The summed E-state index contributed by atoms with van der Waals surface area (Å²) in [6.45, 7) is 8.14. The first-order valence-corrected chi connectivity index (χ1v) is 9.90. The standard InChI is InChI=1S/C20H40O4/c1-5-8-11-12-13-14-15-19(22-16-9-6-2)20(24-18-21-4)23-17-10-7-3/h5-18H2,1-4H3/b20-19-. The lowest BCUT2D eigenvalue weighted by atomic mass is 10.1. The summed E-state index contributed by atoms with van der Waals surface area (Å²) in [5, 5.41) is 0. The van der Waals surface area contributed by atoms with Gasteiger partial charge in [-0.25, -0.2) is 0 Å². The van der Waals surface area contributed by atoms with Crippen LogP contribution >= 0.6 is 0 Å². The highest BCUT2D eigenvalue weighted by Crippen LogP contribution is 2.19. The lowest BCUT2D eigenvalue weighted by molar-refractivity contribution is -0.0690. The van der Waals surface area contributed by atoms with Crippen molar-refractivity contribution in [2.45, 2.75) is 91.4 Å². The summed E-state index contributed by atoms with van der Waals surface area (Å²) < 4.78 is 22.5. The van der Waals surface area contributed by atoms with Crippen molar-refractivity contribution in [3.8, 4) is 0 Å². The molecule has 0 aliphatic rings. The second-order valence-electron chi connectivity index (χ2n) is 6.18. The molecule has 4 nitrogen and oxygen atoms in total. The van der Waals surface area contributed by atoms with E-state index in [4.69, 9.17) is 18.9 Å². The van der Waals surface area contributed by atoms with Crippen LogP contribution in [0.25, 0.3) is 0 Å². The molecule has 0 rings (SSSR count). The van der Waals surface area contributed by atoms with Gasteiger partial charge in [0.2, 0.25) is 0 Å². The molecule has 0 aromatic heterocycles. The van der Waals surface area contributed by atoms with Crippen LogP contribution in [-0.2, 0) is 18.9 Å². The normalized spacial score (nSPS) is 12.0. The van der Waals surface area contributed by atoms with Crippen LogP contribution in [0, 0.1) is 0 Å². The predicted octanol–water partition coefficient (Wildman–Crippen LogP) is 6.16. The average molecular weight is 345 g/mol. The molecule has 0 atom stereocenters. The van der Waals surface area contributed by atoms with Crippen LogP contribution in [-0.4, -0.2) is 27.1 Å². The van der Waals surface area contributed by atoms with Gasteiger partial charge in [-0.15, -0.1) is 0 Å². The van der Waals surface area contributed by atoms with Crippen molar-refractivity contribution in [3.05, 3.63) is 11.7 Å². The maximum atomic E-state index is 5.97. The number of rotatable bonds is 18. The second kappa shape index (κ2) is 18.4. The fourth-order valence-electron chi connectivity index (χ4n) is 2.26. The van der Waals surface area contributed by atoms with Crippen LogP contribution in [0.1, 0.15) is 91.4 Å². The first kappa shape index (κ1) is 23.1. The summed E-state index contributed by atoms with van der Waals surface area (Å²) in [6.07, 6.45) is 12.7. The monoisotopic (exact) mass is 344 g/mol. The number of hydrogen-bond acceptors (Lipinski definition) is 4. The second-order valence-corrected chi connectivity index (χ2v) is 6.18. The van der Waals surface area contributed by atoms with Crippen molar-refractivity contribution >= 4 is 0 Å². The molecule has 0 aliphatic heterocycles. The van der Waals surface area contributed by atoms with Crippen LogP contribution < -0.4 is 0 Å². The zero-order chi connectivity index (χ0) is 17.9. The molecular weight excluding hydrogens is 304 g/mol. The molecule has 24 heavy (non-hydrogen) atoms. The third-order valence-electron chi connectivity index (χ3n) is 3.80. The molecule has 0 amide bonds. The van der Waals surface area contributed by atoms with E-state index < -0.39 is 0 Å². The van der Waals surface area contributed by atoms with Gasteiger partial charge in [0.15, 0.2) is 12.6 Å². The summed E-state index contributed by atoms with van der Waals surface area (Å²) in [4.78, 5) is 0. The molecule has 0 bridgehead atoms. The van der Waals surface area contributed by atoms with Crippen LogP contribution in [0.15, 0.2) is 11.7 Å². The van der Waals surface area contributed by atoms with E-state index in [0.717, 1.165) is 50.9 Å². The Kier molecular flexibility index (Phi) is 17.7.